The van der Waals surface area contributed by atoms with Crippen molar-refractivity contribution in [2.45, 2.75) is 12.0 Å². The first-order valence-electron chi connectivity index (χ1n) is 4.36. The number of halogens is 1. The Morgan fingerprint density at radius 2 is 1.92 bits per heavy atom. The maximum atomic E-state index is 5.92. The number of rotatable bonds is 1. The molecule has 1 heterocycles. The lowest BCUT2D eigenvalue weighted by Gasteiger charge is -2.13. The molecule has 0 unspecified atom stereocenters. The number of ether oxygens (including phenoxy) is 1. The second-order valence-electron chi connectivity index (χ2n) is 3.36. The van der Waals surface area contributed by atoms with E-state index < -0.39 is 0 Å². The zero-order valence-electron chi connectivity index (χ0n) is 7.24. The van der Waals surface area contributed by atoms with Gasteiger partial charge in [0.25, 0.3) is 0 Å². The lowest BCUT2D eigenvalue weighted by Crippen LogP contribution is -2.26. The highest BCUT2D eigenvalue weighted by Crippen LogP contribution is 2.24. The van der Waals surface area contributed by atoms with Crippen LogP contribution in [0.25, 0.3) is 0 Å². The molecular formula is C10H12INO. The third kappa shape index (κ3) is 2.03. The molecule has 0 amide bonds. The Balaban J connectivity index is 2.20. The fourth-order valence-electron chi connectivity index (χ4n) is 1.62. The summed E-state index contributed by atoms with van der Waals surface area (Å²) in [6.45, 7) is 1.46. The van der Waals surface area contributed by atoms with Gasteiger partial charge in [-0.1, -0.05) is 12.1 Å². The number of benzene rings is 1. The minimum absolute atomic E-state index is 0.167. The zero-order valence-corrected chi connectivity index (χ0v) is 9.40. The van der Waals surface area contributed by atoms with Crippen LogP contribution in [-0.2, 0) is 4.74 Å². The molecule has 0 bridgehead atoms. The molecule has 0 aliphatic carbocycles. The summed E-state index contributed by atoms with van der Waals surface area (Å²) >= 11 is 2.30. The van der Waals surface area contributed by atoms with Gasteiger partial charge in [0.15, 0.2) is 0 Å². The highest BCUT2D eigenvalue weighted by atomic mass is 127. The second kappa shape index (κ2) is 3.94. The van der Waals surface area contributed by atoms with E-state index in [1.54, 1.807) is 0 Å². The molecular weight excluding hydrogens is 277 g/mol. The van der Waals surface area contributed by atoms with Gasteiger partial charge in [0.1, 0.15) is 0 Å². The summed E-state index contributed by atoms with van der Waals surface area (Å²) in [6.07, 6.45) is 0. The van der Waals surface area contributed by atoms with Crippen molar-refractivity contribution in [1.82, 2.24) is 0 Å². The van der Waals surface area contributed by atoms with Gasteiger partial charge < -0.3 is 10.5 Å². The minimum atomic E-state index is 0.167. The summed E-state index contributed by atoms with van der Waals surface area (Å²) in [5.41, 5.74) is 7.22. The third-order valence-electron chi connectivity index (χ3n) is 2.42. The number of hydrogen-bond donors (Lipinski definition) is 1. The molecule has 1 fully saturated rings. The average molecular weight is 289 g/mol. The Kier molecular flexibility index (Phi) is 2.86. The summed E-state index contributed by atoms with van der Waals surface area (Å²) in [4.78, 5) is 0. The Labute approximate surface area is 91.6 Å². The van der Waals surface area contributed by atoms with Crippen molar-refractivity contribution in [2.75, 3.05) is 13.2 Å². The van der Waals surface area contributed by atoms with Crippen LogP contribution >= 0.6 is 22.6 Å². The van der Waals surface area contributed by atoms with Gasteiger partial charge in [-0.15, -0.1) is 0 Å². The molecule has 1 aliphatic rings. The summed E-state index contributed by atoms with van der Waals surface area (Å²) in [5, 5.41) is 0. The Bertz CT molecular complexity index is 285. The van der Waals surface area contributed by atoms with Crippen molar-refractivity contribution in [1.29, 1.82) is 0 Å². The van der Waals surface area contributed by atoms with E-state index in [1.165, 1.54) is 9.13 Å². The molecule has 70 valence electrons. The summed E-state index contributed by atoms with van der Waals surface area (Å²) < 4.78 is 6.59. The van der Waals surface area contributed by atoms with E-state index in [-0.39, 0.29) is 6.04 Å². The normalized spacial score (nSPS) is 27.8. The largest absolute Gasteiger partial charge is 0.379 e. The van der Waals surface area contributed by atoms with Crippen LogP contribution in [0.5, 0.6) is 0 Å². The molecule has 2 atom stereocenters. The fourth-order valence-corrected chi connectivity index (χ4v) is 1.98. The Morgan fingerprint density at radius 3 is 2.46 bits per heavy atom. The number of nitrogens with two attached hydrogens (primary N) is 1. The smallest absolute Gasteiger partial charge is 0.0624 e. The monoisotopic (exact) mass is 289 g/mol. The molecule has 2 nitrogen and oxygen atoms in total. The van der Waals surface area contributed by atoms with Crippen molar-refractivity contribution >= 4 is 22.6 Å². The molecule has 1 aromatic rings. The first-order chi connectivity index (χ1) is 6.27. The van der Waals surface area contributed by atoms with Gasteiger partial charge in [-0.05, 0) is 40.3 Å². The third-order valence-corrected chi connectivity index (χ3v) is 3.14. The number of hydrogen-bond acceptors (Lipinski definition) is 2. The fraction of sp³-hybridized carbons (Fsp3) is 0.400. The lowest BCUT2D eigenvalue weighted by atomic mass is 9.95. The van der Waals surface area contributed by atoms with Crippen LogP contribution in [-0.4, -0.2) is 19.3 Å². The standard InChI is InChI=1S/C10H12INO/c11-8-3-1-7(2-4-8)9-5-13-6-10(9)12/h1-4,9-10H,5-6,12H2/t9-,10-/m1/s1. The van der Waals surface area contributed by atoms with Crippen LogP contribution in [0.1, 0.15) is 11.5 Å². The van der Waals surface area contributed by atoms with Gasteiger partial charge in [-0.25, -0.2) is 0 Å². The topological polar surface area (TPSA) is 35.2 Å². The van der Waals surface area contributed by atoms with E-state index in [2.05, 4.69) is 46.9 Å². The van der Waals surface area contributed by atoms with Gasteiger partial charge in [0, 0.05) is 15.5 Å². The molecule has 0 saturated carbocycles. The molecule has 2 N–H and O–H groups in total. The van der Waals surface area contributed by atoms with Crippen LogP contribution in [0.15, 0.2) is 24.3 Å². The van der Waals surface area contributed by atoms with E-state index in [9.17, 15) is 0 Å². The van der Waals surface area contributed by atoms with E-state index in [4.69, 9.17) is 10.5 Å². The van der Waals surface area contributed by atoms with Crippen molar-refractivity contribution < 1.29 is 4.74 Å². The van der Waals surface area contributed by atoms with Gasteiger partial charge >= 0.3 is 0 Å². The van der Waals surface area contributed by atoms with Crippen molar-refractivity contribution in [3.8, 4) is 0 Å². The highest BCUT2D eigenvalue weighted by Gasteiger charge is 2.25. The molecule has 3 heteroatoms. The highest BCUT2D eigenvalue weighted by molar-refractivity contribution is 14.1. The minimum Gasteiger partial charge on any atom is -0.379 e. The molecule has 1 aliphatic heterocycles. The molecule has 0 radical (unpaired) electrons. The van der Waals surface area contributed by atoms with Crippen LogP contribution in [0.4, 0.5) is 0 Å². The van der Waals surface area contributed by atoms with Gasteiger partial charge in [-0.2, -0.15) is 0 Å². The van der Waals surface area contributed by atoms with Crippen molar-refractivity contribution in [3.63, 3.8) is 0 Å². The molecule has 1 aromatic carbocycles. The van der Waals surface area contributed by atoms with Gasteiger partial charge in [0.2, 0.25) is 0 Å². The molecule has 2 rings (SSSR count). The van der Waals surface area contributed by atoms with E-state index in [0.29, 0.717) is 12.5 Å². The summed E-state index contributed by atoms with van der Waals surface area (Å²) in [7, 11) is 0. The van der Waals surface area contributed by atoms with E-state index in [1.807, 2.05) is 0 Å². The van der Waals surface area contributed by atoms with Crippen LogP contribution in [0.2, 0.25) is 0 Å². The summed E-state index contributed by atoms with van der Waals surface area (Å²) in [5.74, 6) is 0.386. The van der Waals surface area contributed by atoms with Crippen LogP contribution < -0.4 is 5.73 Å². The Hall–Kier alpha value is -0.130. The maximum Gasteiger partial charge on any atom is 0.0624 e. The molecule has 1 saturated heterocycles. The first kappa shape index (κ1) is 9.43. The molecule has 0 spiro atoms. The zero-order chi connectivity index (χ0) is 9.26. The predicted octanol–water partition coefficient (Wildman–Crippen LogP) is 1.73. The average Bonchev–Trinajstić information content (AvgIpc) is 2.53. The second-order valence-corrected chi connectivity index (χ2v) is 4.60. The van der Waals surface area contributed by atoms with Gasteiger partial charge in [-0.3, -0.25) is 0 Å². The quantitative estimate of drug-likeness (QED) is 0.799. The SMILES string of the molecule is N[C@@H]1COC[C@@H]1c1ccc(I)cc1. The molecule has 0 aromatic heterocycles. The first-order valence-corrected chi connectivity index (χ1v) is 5.44. The van der Waals surface area contributed by atoms with Crippen LogP contribution in [0.3, 0.4) is 0 Å². The van der Waals surface area contributed by atoms with Gasteiger partial charge in [0.05, 0.1) is 13.2 Å². The van der Waals surface area contributed by atoms with E-state index in [0.717, 1.165) is 6.61 Å². The van der Waals surface area contributed by atoms with Crippen molar-refractivity contribution in [3.05, 3.63) is 33.4 Å². The predicted molar refractivity (Wildman–Crippen MR) is 60.7 cm³/mol. The Morgan fingerprint density at radius 1 is 1.23 bits per heavy atom. The van der Waals surface area contributed by atoms with Crippen LogP contribution in [0, 0.1) is 3.57 Å². The molecule has 13 heavy (non-hydrogen) atoms. The summed E-state index contributed by atoms with van der Waals surface area (Å²) in [6, 6.07) is 8.67. The lowest BCUT2D eigenvalue weighted by molar-refractivity contribution is 0.191. The van der Waals surface area contributed by atoms with Crippen molar-refractivity contribution in [2.24, 2.45) is 5.73 Å². The van der Waals surface area contributed by atoms with E-state index >= 15 is 0 Å². The maximum absolute atomic E-state index is 5.92.